The summed E-state index contributed by atoms with van der Waals surface area (Å²) in [5.74, 6) is 0.941. The minimum atomic E-state index is -1.91. The summed E-state index contributed by atoms with van der Waals surface area (Å²) >= 11 is 3.10. The molecule has 3 aromatic heterocycles. The van der Waals surface area contributed by atoms with Gasteiger partial charge < -0.3 is 18.8 Å². The zero-order valence-electron chi connectivity index (χ0n) is 32.0. The fourth-order valence-corrected chi connectivity index (χ4v) is 9.13. The summed E-state index contributed by atoms with van der Waals surface area (Å²) in [7, 11) is -3.12. The molecule has 0 radical (unpaired) electrons. The van der Waals surface area contributed by atoms with Gasteiger partial charge >= 0.3 is 5.97 Å². The lowest BCUT2D eigenvalue weighted by Crippen LogP contribution is -2.40. The van der Waals surface area contributed by atoms with E-state index in [9.17, 15) is 4.79 Å². The Morgan fingerprint density at radius 1 is 1.08 bits per heavy atom. The van der Waals surface area contributed by atoms with Gasteiger partial charge in [0, 0.05) is 32.4 Å². The zero-order valence-corrected chi connectivity index (χ0v) is 35.6. The van der Waals surface area contributed by atoms with Crippen LogP contribution in [0, 0.1) is 6.92 Å². The molecule has 276 valence electrons. The summed E-state index contributed by atoms with van der Waals surface area (Å²) in [5.41, 5.74) is 3.51. The molecule has 0 spiro atoms. The maximum atomic E-state index is 13.1. The highest BCUT2D eigenvalue weighted by Gasteiger charge is 2.36. The second-order valence-electron chi connectivity index (χ2n) is 15.7. The Hall–Kier alpha value is -3.02. The number of benzene rings is 1. The first-order valence-corrected chi connectivity index (χ1v) is 26.2. The molecule has 1 aromatic carbocycles. The van der Waals surface area contributed by atoms with E-state index in [0.29, 0.717) is 30.0 Å². The number of fused-ring (bicyclic) bond motifs is 2. The van der Waals surface area contributed by atoms with Gasteiger partial charge in [0.25, 0.3) is 0 Å². The van der Waals surface area contributed by atoms with Gasteiger partial charge in [-0.2, -0.15) is 4.99 Å². The predicted octanol–water partition coefficient (Wildman–Crippen LogP) is 9.49. The van der Waals surface area contributed by atoms with E-state index in [4.69, 9.17) is 34.1 Å². The molecule has 51 heavy (non-hydrogen) atoms. The van der Waals surface area contributed by atoms with Gasteiger partial charge in [-0.15, -0.1) is 10.2 Å². The number of esters is 1. The Morgan fingerprint density at radius 2 is 1.84 bits per heavy atom. The van der Waals surface area contributed by atoms with Gasteiger partial charge in [-0.05, 0) is 75.5 Å². The highest BCUT2D eigenvalue weighted by atomic mass is 32.1. The molecule has 10 nitrogen and oxygen atoms in total. The smallest absolute Gasteiger partial charge is 0.358 e. The molecular formula is C37H54N6O4S2Si2. The fourth-order valence-electron chi connectivity index (χ4n) is 5.40. The Morgan fingerprint density at radius 3 is 2.57 bits per heavy atom. The molecule has 0 saturated carbocycles. The van der Waals surface area contributed by atoms with Crippen LogP contribution in [0.2, 0.25) is 43.8 Å². The summed E-state index contributed by atoms with van der Waals surface area (Å²) in [6.45, 7) is 24.8. The third-order valence-electron chi connectivity index (χ3n) is 9.58. The molecule has 1 aliphatic heterocycles. The van der Waals surface area contributed by atoms with Crippen molar-refractivity contribution in [2.45, 2.75) is 104 Å². The standard InChI is InChI=1S/C37H54N6O4S2Si2/c1-11-46-34(44)31-30(20-16-22-47-51(9,10)37(3,4)5)49-35(38-31)42-21-15-14-17-27-26(2)32(40-41-33(27)42)39-36-43(25-45-23-24-50(6,7)8)28-18-12-13-19-29(28)48-36/h12-13,16,18-20H,11,14-15,17,21-25H2,1-10H3/b20-16+,39-36?. The number of anilines is 2. The summed E-state index contributed by atoms with van der Waals surface area (Å²) in [4.78, 5) is 26.7. The molecular weight excluding hydrogens is 713 g/mol. The second-order valence-corrected chi connectivity index (χ2v) is 28.2. The van der Waals surface area contributed by atoms with E-state index >= 15 is 0 Å². The SMILES string of the molecule is CCOC(=O)c1nc(N2CCCCc3c2nnc(N=c2sc4ccccc4n2COCC[Si](C)(C)C)c3C)sc1/C=C/CO[Si](C)(C)C(C)(C)C. The van der Waals surface area contributed by atoms with Crippen molar-refractivity contribution in [2.24, 2.45) is 4.99 Å². The molecule has 0 amide bonds. The summed E-state index contributed by atoms with van der Waals surface area (Å²) in [6.07, 6.45) is 6.72. The summed E-state index contributed by atoms with van der Waals surface area (Å²) in [5, 5.41) is 10.3. The first-order chi connectivity index (χ1) is 24.1. The average molecular weight is 767 g/mol. The first-order valence-electron chi connectivity index (χ1n) is 17.9. The number of ether oxygens (including phenoxy) is 2. The van der Waals surface area contributed by atoms with Gasteiger partial charge in [0.15, 0.2) is 35.6 Å². The highest BCUT2D eigenvalue weighted by Crippen LogP contribution is 2.39. The molecule has 0 bridgehead atoms. The van der Waals surface area contributed by atoms with Gasteiger partial charge in [0.1, 0.15) is 6.73 Å². The number of rotatable bonds is 13. The van der Waals surface area contributed by atoms with E-state index in [0.717, 1.165) is 75.3 Å². The van der Waals surface area contributed by atoms with Crippen molar-refractivity contribution < 1.29 is 18.7 Å². The molecule has 0 aliphatic carbocycles. The third-order valence-corrected chi connectivity index (χ3v) is 17.9. The van der Waals surface area contributed by atoms with E-state index in [2.05, 4.69) is 94.2 Å². The quantitative estimate of drug-likeness (QED) is 0.0754. The van der Waals surface area contributed by atoms with Crippen LogP contribution in [0.1, 0.15) is 67.0 Å². The van der Waals surface area contributed by atoms with Crippen LogP contribution in [0.25, 0.3) is 16.3 Å². The molecule has 0 unspecified atom stereocenters. The molecule has 1 aliphatic rings. The van der Waals surface area contributed by atoms with E-state index < -0.39 is 22.4 Å². The fraction of sp³-hybridized carbons (Fsp3) is 0.541. The summed E-state index contributed by atoms with van der Waals surface area (Å²) < 4.78 is 21.3. The maximum absolute atomic E-state index is 13.1. The van der Waals surface area contributed by atoms with Crippen molar-refractivity contribution in [3.63, 3.8) is 0 Å². The van der Waals surface area contributed by atoms with Gasteiger partial charge in [0.2, 0.25) is 0 Å². The van der Waals surface area contributed by atoms with Crippen molar-refractivity contribution in [1.29, 1.82) is 0 Å². The second kappa shape index (κ2) is 16.3. The zero-order chi connectivity index (χ0) is 37.0. The van der Waals surface area contributed by atoms with Crippen LogP contribution >= 0.6 is 22.7 Å². The van der Waals surface area contributed by atoms with Crippen LogP contribution in [0.4, 0.5) is 16.8 Å². The van der Waals surface area contributed by atoms with E-state index in [-0.39, 0.29) is 11.6 Å². The maximum Gasteiger partial charge on any atom is 0.358 e. The van der Waals surface area contributed by atoms with Gasteiger partial charge in [-0.1, -0.05) is 81.3 Å². The lowest BCUT2D eigenvalue weighted by Gasteiger charge is -2.35. The van der Waals surface area contributed by atoms with Crippen molar-refractivity contribution in [3.05, 3.63) is 56.8 Å². The van der Waals surface area contributed by atoms with Gasteiger partial charge in [-0.3, -0.25) is 4.57 Å². The minimum absolute atomic E-state index is 0.113. The Bertz CT molecular complexity index is 1940. The Balaban J connectivity index is 1.48. The number of hydrogen-bond acceptors (Lipinski definition) is 11. The number of nitrogens with zero attached hydrogens (tertiary/aromatic N) is 6. The molecule has 4 aromatic rings. The number of thiazole rings is 2. The van der Waals surface area contributed by atoms with Gasteiger partial charge in [-0.25, -0.2) is 9.78 Å². The van der Waals surface area contributed by atoms with Crippen molar-refractivity contribution >= 4 is 78.1 Å². The van der Waals surface area contributed by atoms with Gasteiger partial charge in [0.05, 0.1) is 28.3 Å². The molecule has 5 rings (SSSR count). The Labute approximate surface area is 312 Å². The van der Waals surface area contributed by atoms with Crippen molar-refractivity contribution in [1.82, 2.24) is 19.7 Å². The first kappa shape index (κ1) is 39.2. The van der Waals surface area contributed by atoms with Crippen LogP contribution in [-0.4, -0.2) is 68.5 Å². The monoisotopic (exact) mass is 766 g/mol. The van der Waals surface area contributed by atoms with Crippen molar-refractivity contribution in [2.75, 3.05) is 31.3 Å². The molecule has 4 heterocycles. The number of aromatic nitrogens is 4. The van der Waals surface area contributed by atoms with Crippen LogP contribution < -0.4 is 9.70 Å². The molecule has 0 fully saturated rings. The molecule has 0 N–H and O–H groups in total. The number of para-hydroxylation sites is 1. The summed E-state index contributed by atoms with van der Waals surface area (Å²) in [6, 6.07) is 9.45. The topological polar surface area (TPSA) is 104 Å². The van der Waals surface area contributed by atoms with Crippen LogP contribution in [-0.2, 0) is 27.1 Å². The Kier molecular flexibility index (Phi) is 12.6. The van der Waals surface area contributed by atoms with Crippen LogP contribution in [0.5, 0.6) is 0 Å². The largest absolute Gasteiger partial charge is 0.461 e. The molecule has 0 saturated heterocycles. The van der Waals surface area contributed by atoms with E-state index in [1.54, 1.807) is 11.3 Å². The molecule has 0 atom stereocenters. The minimum Gasteiger partial charge on any atom is -0.461 e. The van der Waals surface area contributed by atoms with Crippen molar-refractivity contribution in [3.8, 4) is 0 Å². The number of hydrogen-bond donors (Lipinski definition) is 0. The lowest BCUT2D eigenvalue weighted by atomic mass is 10.1. The third kappa shape index (κ3) is 9.51. The van der Waals surface area contributed by atoms with E-state index in [1.165, 1.54) is 11.3 Å². The number of carbonyl (C=O) groups excluding carboxylic acids is 1. The van der Waals surface area contributed by atoms with E-state index in [1.807, 2.05) is 19.1 Å². The van der Waals surface area contributed by atoms with Crippen LogP contribution in [0.3, 0.4) is 0 Å². The molecule has 14 heteroatoms. The van der Waals surface area contributed by atoms with Crippen LogP contribution in [0.15, 0.2) is 35.3 Å². The normalized spacial score (nSPS) is 14.8. The predicted molar refractivity (Wildman–Crippen MR) is 216 cm³/mol. The number of carbonyl (C=O) groups is 1. The lowest BCUT2D eigenvalue weighted by molar-refractivity contribution is 0.0520. The average Bonchev–Trinajstić information content (AvgIpc) is 3.55. The highest BCUT2D eigenvalue weighted by molar-refractivity contribution is 7.17.